The lowest BCUT2D eigenvalue weighted by atomic mass is 9.86. The van der Waals surface area contributed by atoms with Gasteiger partial charge in [0.2, 0.25) is 0 Å². The predicted molar refractivity (Wildman–Crippen MR) is 140 cm³/mol. The fourth-order valence-electron chi connectivity index (χ4n) is 5.08. The van der Waals surface area contributed by atoms with Crippen LogP contribution in [-0.2, 0) is 6.54 Å². The van der Waals surface area contributed by atoms with Crippen LogP contribution in [0.5, 0.6) is 0 Å². The normalized spacial score (nSPS) is 21.5. The van der Waals surface area contributed by atoms with E-state index < -0.39 is 0 Å². The van der Waals surface area contributed by atoms with Gasteiger partial charge in [0.1, 0.15) is 0 Å². The van der Waals surface area contributed by atoms with Crippen LogP contribution in [0.15, 0.2) is 79.0 Å². The molecule has 0 unspecified atom stereocenters. The third-order valence-electron chi connectivity index (χ3n) is 6.98. The van der Waals surface area contributed by atoms with Gasteiger partial charge >= 0.3 is 0 Å². The number of nitrogens with zero attached hydrogens (tertiary/aromatic N) is 3. The Morgan fingerprint density at radius 2 is 1.79 bits per heavy atom. The van der Waals surface area contributed by atoms with E-state index in [1.807, 2.05) is 18.3 Å². The first-order valence-corrected chi connectivity index (χ1v) is 11.9. The van der Waals surface area contributed by atoms with Crippen molar-refractivity contribution in [1.82, 2.24) is 15.2 Å². The monoisotopic (exact) mass is 454 g/mol. The number of rotatable bonds is 4. The summed E-state index contributed by atoms with van der Waals surface area (Å²) in [6, 6.07) is 23.5. The van der Waals surface area contributed by atoms with Crippen LogP contribution in [0, 0.1) is 0 Å². The topological polar surface area (TPSA) is 31.4 Å². The van der Waals surface area contributed by atoms with E-state index in [0.717, 1.165) is 17.4 Å². The molecule has 168 valence electrons. The van der Waals surface area contributed by atoms with Crippen LogP contribution >= 0.6 is 12.2 Å². The molecule has 2 aromatic carbocycles. The first-order chi connectivity index (χ1) is 15.8. The molecule has 2 atom stereocenters. The number of fused-ring (bicyclic) bond motifs is 1. The lowest BCUT2D eigenvalue weighted by Gasteiger charge is -2.41. The number of benzene rings is 2. The highest BCUT2D eigenvalue weighted by Gasteiger charge is 2.40. The van der Waals surface area contributed by atoms with E-state index in [0.29, 0.717) is 0 Å². The van der Waals surface area contributed by atoms with Crippen molar-refractivity contribution in [1.29, 1.82) is 0 Å². The standard InChI is InChI=1S/C28H30N4S/c1-19-17-28(2,3)31(4)24-14-13-21(16-22(19)24)26-25(23-12-8-9-15-29-23)30-27(33)32(26)18-20-10-6-5-7-11-20/h5-17,25-26H,18H2,1-4H3,(H,30,33)/t25-,26+/m0/s1. The third-order valence-corrected chi connectivity index (χ3v) is 7.33. The predicted octanol–water partition coefficient (Wildman–Crippen LogP) is 5.89. The van der Waals surface area contributed by atoms with Crippen molar-refractivity contribution in [3.8, 4) is 0 Å². The van der Waals surface area contributed by atoms with Crippen LogP contribution in [0.3, 0.4) is 0 Å². The lowest BCUT2D eigenvalue weighted by Crippen LogP contribution is -2.42. The van der Waals surface area contributed by atoms with Crippen LogP contribution in [0.1, 0.15) is 55.2 Å². The highest BCUT2D eigenvalue weighted by molar-refractivity contribution is 7.80. The molecule has 2 aliphatic rings. The van der Waals surface area contributed by atoms with E-state index in [9.17, 15) is 0 Å². The molecule has 2 aliphatic heterocycles. The molecular formula is C28H30N4S. The van der Waals surface area contributed by atoms with Crippen molar-refractivity contribution >= 4 is 28.6 Å². The Morgan fingerprint density at radius 1 is 1.03 bits per heavy atom. The SMILES string of the molecule is CC1=CC(C)(C)N(C)c2ccc([C@@H]3[C@H](c4ccccn4)NC(=S)N3Cc3ccccc3)cc21. The van der Waals surface area contributed by atoms with E-state index in [2.05, 4.69) is 109 Å². The quantitative estimate of drug-likeness (QED) is 0.497. The molecular weight excluding hydrogens is 424 g/mol. The third kappa shape index (κ3) is 3.91. The Bertz CT molecular complexity index is 1200. The van der Waals surface area contributed by atoms with Crippen LogP contribution in [0.4, 0.5) is 5.69 Å². The smallest absolute Gasteiger partial charge is 0.170 e. The zero-order valence-electron chi connectivity index (χ0n) is 19.6. The van der Waals surface area contributed by atoms with E-state index in [-0.39, 0.29) is 17.6 Å². The van der Waals surface area contributed by atoms with Gasteiger partial charge in [-0.15, -0.1) is 0 Å². The van der Waals surface area contributed by atoms with Crippen molar-refractivity contribution < 1.29 is 0 Å². The largest absolute Gasteiger partial charge is 0.366 e. The van der Waals surface area contributed by atoms with Crippen molar-refractivity contribution in [3.05, 3.63) is 101 Å². The molecule has 0 spiro atoms. The Kier molecular flexibility index (Phi) is 5.45. The second kappa shape index (κ2) is 8.31. The minimum Gasteiger partial charge on any atom is -0.366 e. The Balaban J connectivity index is 1.60. The molecule has 0 radical (unpaired) electrons. The molecule has 1 saturated heterocycles. The second-order valence-corrected chi connectivity index (χ2v) is 9.94. The highest BCUT2D eigenvalue weighted by Crippen LogP contribution is 2.44. The van der Waals surface area contributed by atoms with E-state index in [4.69, 9.17) is 12.2 Å². The maximum atomic E-state index is 5.85. The number of nitrogens with one attached hydrogen (secondary N) is 1. The average molecular weight is 455 g/mol. The number of pyridine rings is 1. The summed E-state index contributed by atoms with van der Waals surface area (Å²) < 4.78 is 0. The van der Waals surface area contributed by atoms with Gasteiger partial charge in [-0.1, -0.05) is 48.5 Å². The second-order valence-electron chi connectivity index (χ2n) is 9.56. The lowest BCUT2D eigenvalue weighted by molar-refractivity contribution is 0.311. The summed E-state index contributed by atoms with van der Waals surface area (Å²) in [4.78, 5) is 9.34. The summed E-state index contributed by atoms with van der Waals surface area (Å²) >= 11 is 5.85. The van der Waals surface area contributed by atoms with Gasteiger partial charge in [-0.05, 0) is 74.0 Å². The van der Waals surface area contributed by atoms with Gasteiger partial charge < -0.3 is 15.1 Å². The van der Waals surface area contributed by atoms with E-state index >= 15 is 0 Å². The minimum atomic E-state index is -0.0116. The fourth-order valence-corrected chi connectivity index (χ4v) is 5.39. The summed E-state index contributed by atoms with van der Waals surface area (Å²) in [5.41, 5.74) is 7.34. The number of allylic oxidation sites excluding steroid dienone is 1. The van der Waals surface area contributed by atoms with Gasteiger partial charge in [0, 0.05) is 31.0 Å². The van der Waals surface area contributed by atoms with E-state index in [1.54, 1.807) is 0 Å². The summed E-state index contributed by atoms with van der Waals surface area (Å²) in [7, 11) is 2.17. The number of thiocarbonyl (C=S) groups is 1. The molecule has 0 bridgehead atoms. The molecule has 1 fully saturated rings. The van der Waals surface area contributed by atoms with Crippen molar-refractivity contribution in [2.45, 2.75) is 44.9 Å². The van der Waals surface area contributed by atoms with Gasteiger partial charge in [-0.3, -0.25) is 4.98 Å². The van der Waals surface area contributed by atoms with Crippen LogP contribution < -0.4 is 10.2 Å². The summed E-state index contributed by atoms with van der Waals surface area (Å²) in [5.74, 6) is 0. The molecule has 5 rings (SSSR count). The maximum Gasteiger partial charge on any atom is 0.170 e. The Hall–Kier alpha value is -3.18. The fraction of sp³-hybridized carbons (Fsp3) is 0.286. The molecule has 0 aliphatic carbocycles. The minimum absolute atomic E-state index is 0.00901. The molecule has 1 N–H and O–H groups in total. The Morgan fingerprint density at radius 3 is 2.52 bits per heavy atom. The van der Waals surface area contributed by atoms with Crippen LogP contribution in [0.25, 0.3) is 5.57 Å². The van der Waals surface area contributed by atoms with Crippen molar-refractivity contribution in [3.63, 3.8) is 0 Å². The number of aromatic nitrogens is 1. The Labute approximate surface area is 202 Å². The van der Waals surface area contributed by atoms with E-state index in [1.165, 1.54) is 28.0 Å². The summed E-state index contributed by atoms with van der Waals surface area (Å²) in [6.07, 6.45) is 4.21. The summed E-state index contributed by atoms with van der Waals surface area (Å²) in [6.45, 7) is 7.48. The van der Waals surface area contributed by atoms with Crippen molar-refractivity contribution in [2.24, 2.45) is 0 Å². The first-order valence-electron chi connectivity index (χ1n) is 11.4. The van der Waals surface area contributed by atoms with Gasteiger partial charge in [-0.2, -0.15) is 0 Å². The molecule has 4 nitrogen and oxygen atoms in total. The number of hydrogen-bond acceptors (Lipinski definition) is 3. The molecule has 0 saturated carbocycles. The summed E-state index contributed by atoms with van der Waals surface area (Å²) in [5, 5.41) is 4.34. The van der Waals surface area contributed by atoms with Gasteiger partial charge in [0.15, 0.2) is 5.11 Å². The zero-order chi connectivity index (χ0) is 23.2. The zero-order valence-corrected chi connectivity index (χ0v) is 20.4. The maximum absolute atomic E-state index is 5.85. The van der Waals surface area contributed by atoms with Gasteiger partial charge in [0.05, 0.1) is 23.3 Å². The van der Waals surface area contributed by atoms with Crippen LogP contribution in [-0.4, -0.2) is 27.6 Å². The number of anilines is 1. The molecule has 1 aromatic heterocycles. The average Bonchev–Trinajstić information content (AvgIpc) is 3.14. The molecule has 3 heterocycles. The molecule has 3 aromatic rings. The molecule has 33 heavy (non-hydrogen) atoms. The van der Waals surface area contributed by atoms with Crippen LogP contribution in [0.2, 0.25) is 0 Å². The highest BCUT2D eigenvalue weighted by atomic mass is 32.1. The van der Waals surface area contributed by atoms with Crippen molar-refractivity contribution in [2.75, 3.05) is 11.9 Å². The number of hydrogen-bond donors (Lipinski definition) is 1. The van der Waals surface area contributed by atoms with Gasteiger partial charge in [-0.25, -0.2) is 0 Å². The molecule has 0 amide bonds. The molecule has 5 heteroatoms. The number of likely N-dealkylation sites (N-methyl/N-ethyl adjacent to an activating group) is 1. The van der Waals surface area contributed by atoms with Gasteiger partial charge in [0.25, 0.3) is 0 Å². The first kappa shape index (κ1) is 21.7.